The Labute approximate surface area is 115 Å². The largest absolute Gasteiger partial charge is 0.443 e. The molecule has 0 bridgehead atoms. The Balaban J connectivity index is 2.84. The molecular weight excluding hydrogens is 333 g/mol. The summed E-state index contributed by atoms with van der Waals surface area (Å²) in [5.41, 5.74) is 1.02. The first-order valence-electron chi connectivity index (χ1n) is 5.25. The Morgan fingerprint density at radius 1 is 1.41 bits per heavy atom. The highest BCUT2D eigenvalue weighted by atomic mass is 127. The fraction of sp³-hybridized carbons (Fsp3) is 0.417. The van der Waals surface area contributed by atoms with E-state index in [9.17, 15) is 4.79 Å². The van der Waals surface area contributed by atoms with Crippen molar-refractivity contribution in [1.82, 2.24) is 5.32 Å². The lowest BCUT2D eigenvalue weighted by atomic mass is 10.1. The van der Waals surface area contributed by atoms with Crippen LogP contribution in [-0.4, -0.2) is 26.4 Å². The molecule has 0 aliphatic heterocycles. The van der Waals surface area contributed by atoms with Crippen molar-refractivity contribution in [3.05, 3.63) is 33.4 Å². The van der Waals surface area contributed by atoms with Gasteiger partial charge in [-0.15, -0.1) is 0 Å². The summed E-state index contributed by atoms with van der Waals surface area (Å²) in [5, 5.41) is 2.42. The number of hydrogen-bond donors (Lipinski definition) is 1. The normalized spacial score (nSPS) is 13.9. The highest BCUT2D eigenvalue weighted by molar-refractivity contribution is 14.1. The van der Waals surface area contributed by atoms with Gasteiger partial charge < -0.3 is 14.8 Å². The number of benzene rings is 1. The van der Waals surface area contributed by atoms with Gasteiger partial charge >= 0.3 is 6.09 Å². The third kappa shape index (κ3) is 3.85. The molecule has 0 fully saturated rings. The second-order valence-electron chi connectivity index (χ2n) is 3.54. The summed E-state index contributed by atoms with van der Waals surface area (Å²) < 4.78 is 11.7. The molecule has 0 unspecified atom stereocenters. The molecule has 1 N–H and O–H groups in total. The van der Waals surface area contributed by atoms with Crippen molar-refractivity contribution < 1.29 is 14.3 Å². The van der Waals surface area contributed by atoms with E-state index in [1.165, 1.54) is 7.05 Å². The molecule has 94 valence electrons. The van der Waals surface area contributed by atoms with E-state index in [0.717, 1.165) is 9.13 Å². The van der Waals surface area contributed by atoms with Crippen molar-refractivity contribution >= 4 is 28.7 Å². The second-order valence-corrected chi connectivity index (χ2v) is 4.70. The lowest BCUT2D eigenvalue weighted by Crippen LogP contribution is -2.29. The summed E-state index contributed by atoms with van der Waals surface area (Å²) >= 11 is 2.24. The molecule has 1 aromatic rings. The number of rotatable bonds is 4. The molecule has 0 radical (unpaired) electrons. The Hall–Kier alpha value is -0.820. The molecule has 1 amide bonds. The molecule has 1 rings (SSSR count). The number of alkyl carbamates (subject to hydrolysis) is 1. The fourth-order valence-electron chi connectivity index (χ4n) is 1.57. The number of methoxy groups -OCH3 is 1. The predicted octanol–water partition coefficient (Wildman–Crippen LogP) is 2.72. The molecule has 2 atom stereocenters. The van der Waals surface area contributed by atoms with Crippen molar-refractivity contribution in [2.45, 2.75) is 19.1 Å². The van der Waals surface area contributed by atoms with Gasteiger partial charge in [0.25, 0.3) is 0 Å². The maximum atomic E-state index is 11.2. The maximum Gasteiger partial charge on any atom is 0.407 e. The topological polar surface area (TPSA) is 47.6 Å². The average molecular weight is 349 g/mol. The van der Waals surface area contributed by atoms with Crippen LogP contribution in [0, 0.1) is 3.57 Å². The quantitative estimate of drug-likeness (QED) is 0.851. The van der Waals surface area contributed by atoms with Gasteiger partial charge in [-0.05, 0) is 41.1 Å². The van der Waals surface area contributed by atoms with Gasteiger partial charge in [0.05, 0.1) is 0 Å². The van der Waals surface area contributed by atoms with Crippen LogP contribution in [0.5, 0.6) is 0 Å². The molecular formula is C12H16INO3. The van der Waals surface area contributed by atoms with E-state index in [4.69, 9.17) is 9.47 Å². The number of carbonyl (C=O) groups is 1. The van der Waals surface area contributed by atoms with Crippen LogP contribution in [0.1, 0.15) is 18.6 Å². The standard InChI is InChI=1S/C12H16INO3/c1-8(17-12(15)14-2)11(16-3)9-6-4-5-7-10(9)13/h4-8,11H,1-3H3,(H,14,15)/t8-,11+/m0/s1. The Morgan fingerprint density at radius 3 is 2.59 bits per heavy atom. The molecule has 0 heterocycles. The molecule has 0 aromatic heterocycles. The first kappa shape index (κ1) is 14.2. The second kappa shape index (κ2) is 6.80. The van der Waals surface area contributed by atoms with Gasteiger partial charge in [-0.25, -0.2) is 4.79 Å². The molecule has 0 aliphatic carbocycles. The predicted molar refractivity (Wildman–Crippen MR) is 73.9 cm³/mol. The molecule has 0 spiro atoms. The monoisotopic (exact) mass is 349 g/mol. The van der Waals surface area contributed by atoms with E-state index in [1.54, 1.807) is 7.11 Å². The van der Waals surface area contributed by atoms with Crippen LogP contribution < -0.4 is 5.32 Å². The first-order valence-corrected chi connectivity index (χ1v) is 6.33. The van der Waals surface area contributed by atoms with Gasteiger partial charge in [0.1, 0.15) is 12.2 Å². The smallest absolute Gasteiger partial charge is 0.407 e. The van der Waals surface area contributed by atoms with Crippen LogP contribution in [0.2, 0.25) is 0 Å². The molecule has 4 nitrogen and oxygen atoms in total. The summed E-state index contributed by atoms with van der Waals surface area (Å²) in [6.45, 7) is 1.81. The van der Waals surface area contributed by atoms with Crippen molar-refractivity contribution in [2.24, 2.45) is 0 Å². The van der Waals surface area contributed by atoms with Crippen molar-refractivity contribution in [1.29, 1.82) is 0 Å². The molecule has 5 heteroatoms. The van der Waals surface area contributed by atoms with Gasteiger partial charge in [0.15, 0.2) is 0 Å². The summed E-state index contributed by atoms with van der Waals surface area (Å²) in [7, 11) is 3.14. The number of hydrogen-bond acceptors (Lipinski definition) is 3. The minimum atomic E-state index is -0.453. The third-order valence-corrected chi connectivity index (χ3v) is 3.37. The van der Waals surface area contributed by atoms with Gasteiger partial charge in [-0.2, -0.15) is 0 Å². The number of halogens is 1. The molecule has 0 saturated carbocycles. The van der Waals surface area contributed by atoms with Crippen molar-refractivity contribution in [2.75, 3.05) is 14.2 Å². The summed E-state index contributed by atoms with van der Waals surface area (Å²) in [6, 6.07) is 7.87. The zero-order valence-corrected chi connectivity index (χ0v) is 12.2. The van der Waals surface area contributed by atoms with Crippen LogP contribution in [-0.2, 0) is 9.47 Å². The highest BCUT2D eigenvalue weighted by Gasteiger charge is 2.23. The Morgan fingerprint density at radius 2 is 2.06 bits per heavy atom. The maximum absolute atomic E-state index is 11.2. The minimum Gasteiger partial charge on any atom is -0.443 e. The van der Waals surface area contributed by atoms with E-state index < -0.39 is 6.09 Å². The van der Waals surface area contributed by atoms with Gasteiger partial charge in [-0.1, -0.05) is 18.2 Å². The van der Waals surface area contributed by atoms with Gasteiger partial charge in [0.2, 0.25) is 0 Å². The van der Waals surface area contributed by atoms with E-state index in [0.29, 0.717) is 0 Å². The van der Waals surface area contributed by atoms with E-state index in [1.807, 2.05) is 31.2 Å². The van der Waals surface area contributed by atoms with Gasteiger partial charge in [0, 0.05) is 17.7 Å². The Kier molecular flexibility index (Phi) is 5.70. The van der Waals surface area contributed by atoms with Crippen molar-refractivity contribution in [3.63, 3.8) is 0 Å². The summed E-state index contributed by atoms with van der Waals surface area (Å²) in [4.78, 5) is 11.2. The minimum absolute atomic E-state index is 0.264. The number of carbonyl (C=O) groups excluding carboxylic acids is 1. The number of amides is 1. The van der Waals surface area contributed by atoms with Crippen molar-refractivity contribution in [3.8, 4) is 0 Å². The fourth-order valence-corrected chi connectivity index (χ4v) is 2.26. The third-order valence-electron chi connectivity index (χ3n) is 2.39. The van der Waals surface area contributed by atoms with Crippen LogP contribution in [0.15, 0.2) is 24.3 Å². The van der Waals surface area contributed by atoms with Crippen LogP contribution in [0.4, 0.5) is 4.79 Å². The van der Waals surface area contributed by atoms with E-state index in [2.05, 4.69) is 27.9 Å². The SMILES string of the molecule is CNC(=O)O[C@@H](C)[C@@H](OC)c1ccccc1I. The highest BCUT2D eigenvalue weighted by Crippen LogP contribution is 2.26. The summed E-state index contributed by atoms with van der Waals surface area (Å²) in [6.07, 6.45) is -1.07. The first-order chi connectivity index (χ1) is 8.10. The lowest BCUT2D eigenvalue weighted by Gasteiger charge is -2.23. The molecule has 0 aliphatic rings. The number of nitrogens with one attached hydrogen (secondary N) is 1. The van der Waals surface area contributed by atoms with Crippen LogP contribution >= 0.6 is 22.6 Å². The lowest BCUT2D eigenvalue weighted by molar-refractivity contribution is -0.0147. The van der Waals surface area contributed by atoms with E-state index >= 15 is 0 Å². The van der Waals surface area contributed by atoms with E-state index in [-0.39, 0.29) is 12.2 Å². The molecule has 1 aromatic carbocycles. The molecule has 17 heavy (non-hydrogen) atoms. The average Bonchev–Trinajstić information content (AvgIpc) is 2.32. The Bertz CT molecular complexity index is 384. The van der Waals surface area contributed by atoms with Crippen LogP contribution in [0.25, 0.3) is 0 Å². The van der Waals surface area contributed by atoms with Crippen LogP contribution in [0.3, 0.4) is 0 Å². The zero-order valence-electron chi connectivity index (χ0n) is 10.1. The number of ether oxygens (including phenoxy) is 2. The molecule has 0 saturated heterocycles. The van der Waals surface area contributed by atoms with Gasteiger partial charge in [-0.3, -0.25) is 0 Å². The zero-order chi connectivity index (χ0) is 12.8. The summed E-state index contributed by atoms with van der Waals surface area (Å²) in [5.74, 6) is 0.